The molecule has 3 fully saturated rings. The van der Waals surface area contributed by atoms with E-state index in [0.29, 0.717) is 11.3 Å². The maximum atomic E-state index is 12.6. The number of piperazine rings is 1. The molecule has 1 saturated carbocycles. The van der Waals surface area contributed by atoms with Crippen LogP contribution in [0.25, 0.3) is 0 Å². The third-order valence-corrected chi connectivity index (χ3v) is 5.45. The van der Waals surface area contributed by atoms with Gasteiger partial charge in [-0.25, -0.2) is 0 Å². The van der Waals surface area contributed by atoms with E-state index in [1.54, 1.807) is 0 Å². The van der Waals surface area contributed by atoms with Gasteiger partial charge in [0.05, 0.1) is 5.92 Å². The molecule has 2 heterocycles. The van der Waals surface area contributed by atoms with Crippen LogP contribution >= 0.6 is 12.4 Å². The second-order valence-electron chi connectivity index (χ2n) is 7.31. The fourth-order valence-electron chi connectivity index (χ4n) is 4.02. The Bertz CT molecular complexity index is 353. The van der Waals surface area contributed by atoms with Crippen molar-refractivity contribution in [2.45, 2.75) is 39.0 Å². The normalized spacial score (nSPS) is 29.4. The maximum Gasteiger partial charge on any atom is 0.227 e. The minimum Gasteiger partial charge on any atom is -0.340 e. The number of halogens is 1. The molecular formula is C16H30ClN3O. The van der Waals surface area contributed by atoms with Crippen molar-refractivity contribution in [3.8, 4) is 0 Å². The summed E-state index contributed by atoms with van der Waals surface area (Å²) < 4.78 is 0. The predicted octanol–water partition coefficient (Wildman–Crippen LogP) is 1.74. The zero-order valence-corrected chi connectivity index (χ0v) is 14.1. The fraction of sp³-hybridized carbons (Fsp3) is 0.938. The van der Waals surface area contributed by atoms with Crippen molar-refractivity contribution < 1.29 is 4.79 Å². The molecule has 1 N–H and O–H groups in total. The van der Waals surface area contributed by atoms with Crippen LogP contribution in [0.1, 0.15) is 39.0 Å². The van der Waals surface area contributed by atoms with Crippen LogP contribution in [-0.4, -0.2) is 61.5 Å². The molecule has 2 saturated heterocycles. The number of rotatable bonds is 3. The summed E-state index contributed by atoms with van der Waals surface area (Å²) in [6.45, 7) is 9.52. The van der Waals surface area contributed by atoms with Gasteiger partial charge in [0.2, 0.25) is 5.91 Å². The largest absolute Gasteiger partial charge is 0.340 e. The predicted molar refractivity (Wildman–Crippen MR) is 87.8 cm³/mol. The highest BCUT2D eigenvalue weighted by Crippen LogP contribution is 2.41. The van der Waals surface area contributed by atoms with Gasteiger partial charge in [-0.3, -0.25) is 4.79 Å². The Morgan fingerprint density at radius 1 is 1.19 bits per heavy atom. The molecule has 0 aromatic rings. The van der Waals surface area contributed by atoms with Crippen molar-refractivity contribution >= 4 is 18.3 Å². The number of nitrogens with zero attached hydrogens (tertiary/aromatic N) is 2. The van der Waals surface area contributed by atoms with E-state index < -0.39 is 0 Å². The molecule has 0 aromatic carbocycles. The Labute approximate surface area is 135 Å². The van der Waals surface area contributed by atoms with Gasteiger partial charge < -0.3 is 15.1 Å². The minimum atomic E-state index is 0. The molecule has 4 nitrogen and oxygen atoms in total. The lowest BCUT2D eigenvalue weighted by molar-refractivity contribution is -0.138. The number of hydrogen-bond acceptors (Lipinski definition) is 3. The van der Waals surface area contributed by atoms with Gasteiger partial charge in [-0.2, -0.15) is 0 Å². The zero-order valence-electron chi connectivity index (χ0n) is 13.3. The third-order valence-electron chi connectivity index (χ3n) is 5.45. The van der Waals surface area contributed by atoms with E-state index in [2.05, 4.69) is 22.0 Å². The molecule has 3 rings (SSSR count). The summed E-state index contributed by atoms with van der Waals surface area (Å²) in [4.78, 5) is 17.3. The first kappa shape index (κ1) is 17.0. The van der Waals surface area contributed by atoms with Crippen LogP contribution in [0.4, 0.5) is 0 Å². The van der Waals surface area contributed by atoms with Crippen LogP contribution in [-0.2, 0) is 4.79 Å². The molecule has 3 aliphatic rings. The minimum absolute atomic E-state index is 0. The van der Waals surface area contributed by atoms with Gasteiger partial charge in [-0.15, -0.1) is 12.4 Å². The van der Waals surface area contributed by atoms with Gasteiger partial charge in [-0.1, -0.05) is 13.3 Å². The maximum absolute atomic E-state index is 12.6. The first-order chi connectivity index (χ1) is 9.66. The van der Waals surface area contributed by atoms with Crippen LogP contribution in [0.15, 0.2) is 0 Å². The highest BCUT2D eigenvalue weighted by molar-refractivity contribution is 5.85. The second kappa shape index (κ2) is 7.30. The van der Waals surface area contributed by atoms with Crippen molar-refractivity contribution in [3.05, 3.63) is 0 Å². The number of nitrogens with one attached hydrogen (secondary N) is 1. The van der Waals surface area contributed by atoms with E-state index >= 15 is 0 Å². The molecule has 1 unspecified atom stereocenters. The summed E-state index contributed by atoms with van der Waals surface area (Å²) in [6, 6.07) is 0. The number of piperidine rings is 1. The van der Waals surface area contributed by atoms with Gasteiger partial charge >= 0.3 is 0 Å². The molecule has 1 aliphatic carbocycles. The summed E-state index contributed by atoms with van der Waals surface area (Å²) in [5, 5.41) is 3.32. The monoisotopic (exact) mass is 315 g/mol. The molecule has 122 valence electrons. The summed E-state index contributed by atoms with van der Waals surface area (Å²) >= 11 is 0. The van der Waals surface area contributed by atoms with Gasteiger partial charge in [0.15, 0.2) is 0 Å². The van der Waals surface area contributed by atoms with E-state index in [0.717, 1.165) is 39.1 Å². The van der Waals surface area contributed by atoms with Crippen molar-refractivity contribution in [3.63, 3.8) is 0 Å². The van der Waals surface area contributed by atoms with E-state index in [1.807, 2.05) is 0 Å². The molecule has 21 heavy (non-hydrogen) atoms. The van der Waals surface area contributed by atoms with E-state index in [1.165, 1.54) is 38.8 Å². The van der Waals surface area contributed by atoms with Crippen LogP contribution in [0.5, 0.6) is 0 Å². The summed E-state index contributed by atoms with van der Waals surface area (Å²) in [5.41, 5.74) is 0.542. The number of likely N-dealkylation sites (tertiary alicyclic amines) is 1. The average Bonchev–Trinajstić information content (AvgIpc) is 2.46. The van der Waals surface area contributed by atoms with Crippen LogP contribution in [0, 0.1) is 11.3 Å². The van der Waals surface area contributed by atoms with E-state index in [9.17, 15) is 4.79 Å². The van der Waals surface area contributed by atoms with Crippen molar-refractivity contribution in [1.29, 1.82) is 0 Å². The Morgan fingerprint density at radius 2 is 1.90 bits per heavy atom. The van der Waals surface area contributed by atoms with Gasteiger partial charge in [0.25, 0.3) is 0 Å². The SMILES string of the molecule is CC1(CN2CCCC(C(=O)N3CCNCC3)C2)CCC1.Cl. The first-order valence-electron chi connectivity index (χ1n) is 8.38. The Kier molecular flexibility index (Phi) is 5.92. The molecular weight excluding hydrogens is 286 g/mol. The molecule has 0 spiro atoms. The van der Waals surface area contributed by atoms with Gasteiger partial charge in [0.1, 0.15) is 0 Å². The number of carbonyl (C=O) groups excluding carboxylic acids is 1. The Balaban J connectivity index is 0.00000161. The second-order valence-corrected chi connectivity index (χ2v) is 7.31. The summed E-state index contributed by atoms with van der Waals surface area (Å²) in [5.74, 6) is 0.667. The number of amides is 1. The molecule has 1 amide bonds. The smallest absolute Gasteiger partial charge is 0.227 e. The quantitative estimate of drug-likeness (QED) is 0.862. The number of carbonyl (C=O) groups is 1. The van der Waals surface area contributed by atoms with E-state index in [4.69, 9.17) is 0 Å². The Morgan fingerprint density at radius 3 is 2.52 bits per heavy atom. The molecule has 1 atom stereocenters. The van der Waals surface area contributed by atoms with E-state index in [-0.39, 0.29) is 18.3 Å². The van der Waals surface area contributed by atoms with Gasteiger partial charge in [-0.05, 0) is 37.6 Å². The lowest BCUT2D eigenvalue weighted by atomic mass is 9.70. The average molecular weight is 316 g/mol. The van der Waals surface area contributed by atoms with Crippen LogP contribution in [0.2, 0.25) is 0 Å². The Hall–Kier alpha value is -0.320. The third kappa shape index (κ3) is 4.11. The topological polar surface area (TPSA) is 35.6 Å². The highest BCUT2D eigenvalue weighted by Gasteiger charge is 2.36. The van der Waals surface area contributed by atoms with Crippen LogP contribution < -0.4 is 5.32 Å². The number of hydrogen-bond donors (Lipinski definition) is 1. The fourth-order valence-corrected chi connectivity index (χ4v) is 4.02. The molecule has 5 heteroatoms. The molecule has 0 bridgehead atoms. The molecule has 0 radical (unpaired) electrons. The lowest BCUT2D eigenvalue weighted by Gasteiger charge is -2.45. The van der Waals surface area contributed by atoms with Crippen molar-refractivity contribution in [1.82, 2.24) is 15.1 Å². The lowest BCUT2D eigenvalue weighted by Crippen LogP contribution is -2.52. The van der Waals surface area contributed by atoms with Crippen molar-refractivity contribution in [2.24, 2.45) is 11.3 Å². The molecule has 2 aliphatic heterocycles. The highest BCUT2D eigenvalue weighted by atomic mass is 35.5. The van der Waals surface area contributed by atoms with Crippen molar-refractivity contribution in [2.75, 3.05) is 45.8 Å². The standard InChI is InChI=1S/C16H29N3O.ClH/c1-16(5-3-6-16)13-18-9-2-4-14(12-18)15(20)19-10-7-17-8-11-19;/h14,17H,2-13H2,1H3;1H. The zero-order chi connectivity index (χ0) is 14.0. The van der Waals surface area contributed by atoms with Crippen LogP contribution in [0.3, 0.4) is 0 Å². The molecule has 0 aromatic heterocycles. The first-order valence-corrected chi connectivity index (χ1v) is 8.38. The van der Waals surface area contributed by atoms with Gasteiger partial charge in [0, 0.05) is 39.3 Å². The summed E-state index contributed by atoms with van der Waals surface area (Å²) in [7, 11) is 0. The summed E-state index contributed by atoms with van der Waals surface area (Å²) in [6.07, 6.45) is 6.43.